The van der Waals surface area contributed by atoms with Crippen molar-refractivity contribution in [1.29, 1.82) is 0 Å². The highest BCUT2D eigenvalue weighted by molar-refractivity contribution is 4.95. The highest BCUT2D eigenvalue weighted by atomic mass is 14.5. The third-order valence-corrected chi connectivity index (χ3v) is 11.0. The van der Waals surface area contributed by atoms with Crippen LogP contribution in [-0.2, 0) is 0 Å². The Labute approximate surface area is 202 Å². The summed E-state index contributed by atoms with van der Waals surface area (Å²) in [6.07, 6.45) is 37.1. The van der Waals surface area contributed by atoms with Gasteiger partial charge in [0.1, 0.15) is 0 Å². The van der Waals surface area contributed by atoms with Crippen LogP contribution in [0.1, 0.15) is 161 Å². The molecule has 4 saturated carbocycles. The van der Waals surface area contributed by atoms with E-state index in [0.29, 0.717) is 0 Å². The summed E-state index contributed by atoms with van der Waals surface area (Å²) < 4.78 is 0. The number of fused-ring (bicyclic) bond motifs is 2. The summed E-state index contributed by atoms with van der Waals surface area (Å²) in [6.45, 7) is 2.33. The Kier molecular flexibility index (Phi) is 10.8. The van der Waals surface area contributed by atoms with Gasteiger partial charge in [-0.25, -0.2) is 0 Å². The number of hydrogen-bond donors (Lipinski definition) is 0. The van der Waals surface area contributed by atoms with Crippen LogP contribution in [0.15, 0.2) is 0 Å². The Morgan fingerprint density at radius 1 is 0.469 bits per heavy atom. The maximum absolute atomic E-state index is 2.33. The molecular formula is C32H58. The molecule has 0 amide bonds. The van der Waals surface area contributed by atoms with E-state index in [1.807, 2.05) is 0 Å². The van der Waals surface area contributed by atoms with Crippen LogP contribution in [0.25, 0.3) is 0 Å². The van der Waals surface area contributed by atoms with Gasteiger partial charge in [-0.05, 0) is 73.5 Å². The van der Waals surface area contributed by atoms with Gasteiger partial charge in [0.2, 0.25) is 0 Å². The fraction of sp³-hybridized carbons (Fsp3) is 1.00. The molecule has 186 valence electrons. The van der Waals surface area contributed by atoms with Crippen molar-refractivity contribution in [2.45, 2.75) is 161 Å². The zero-order valence-electron chi connectivity index (χ0n) is 22.0. The van der Waals surface area contributed by atoms with Gasteiger partial charge >= 0.3 is 0 Å². The van der Waals surface area contributed by atoms with Gasteiger partial charge in [-0.15, -0.1) is 0 Å². The average Bonchev–Trinajstić information content (AvgIpc) is 2.85. The summed E-state index contributed by atoms with van der Waals surface area (Å²) in [5.74, 6) is 7.85. The minimum absolute atomic E-state index is 1.11. The summed E-state index contributed by atoms with van der Waals surface area (Å²) >= 11 is 0. The lowest BCUT2D eigenvalue weighted by Gasteiger charge is -2.51. The van der Waals surface area contributed by atoms with Crippen LogP contribution in [0.2, 0.25) is 0 Å². The Balaban J connectivity index is 1.34. The summed E-state index contributed by atoms with van der Waals surface area (Å²) in [4.78, 5) is 0. The number of rotatable bonds is 12. The van der Waals surface area contributed by atoms with E-state index in [9.17, 15) is 0 Å². The normalized spacial score (nSPS) is 36.3. The van der Waals surface area contributed by atoms with Crippen molar-refractivity contribution in [2.75, 3.05) is 0 Å². The third-order valence-electron chi connectivity index (χ3n) is 11.0. The van der Waals surface area contributed by atoms with Crippen molar-refractivity contribution in [3.63, 3.8) is 0 Å². The standard InChI is InChI=1S/C32H58/c1-2-3-4-5-6-7-8-9-10-23-32(30-24-15-19-26-17-11-13-21-28(26)30)31-25-16-20-27-18-12-14-22-29(27)31/h26-32H,2-25H2,1H3. The first kappa shape index (κ1) is 25.1. The highest BCUT2D eigenvalue weighted by Gasteiger charge is 2.45. The van der Waals surface area contributed by atoms with E-state index in [0.717, 1.165) is 41.4 Å². The van der Waals surface area contributed by atoms with E-state index in [-0.39, 0.29) is 0 Å². The van der Waals surface area contributed by atoms with Crippen LogP contribution in [-0.4, -0.2) is 0 Å². The van der Waals surface area contributed by atoms with Crippen LogP contribution >= 0.6 is 0 Å². The molecule has 4 aliphatic rings. The molecule has 0 nitrogen and oxygen atoms in total. The monoisotopic (exact) mass is 442 g/mol. The van der Waals surface area contributed by atoms with E-state index < -0.39 is 0 Å². The highest BCUT2D eigenvalue weighted by Crippen LogP contribution is 2.54. The van der Waals surface area contributed by atoms with Gasteiger partial charge in [0, 0.05) is 0 Å². The second-order valence-corrected chi connectivity index (χ2v) is 12.9. The second kappa shape index (κ2) is 13.8. The molecule has 0 bridgehead atoms. The lowest BCUT2D eigenvalue weighted by Crippen LogP contribution is -2.43. The third kappa shape index (κ3) is 6.78. The molecule has 32 heavy (non-hydrogen) atoms. The minimum Gasteiger partial charge on any atom is -0.0654 e. The van der Waals surface area contributed by atoms with Crippen LogP contribution in [0, 0.1) is 41.4 Å². The van der Waals surface area contributed by atoms with Crippen molar-refractivity contribution in [2.24, 2.45) is 41.4 Å². The Morgan fingerprint density at radius 3 is 1.44 bits per heavy atom. The van der Waals surface area contributed by atoms with E-state index in [4.69, 9.17) is 0 Å². The van der Waals surface area contributed by atoms with Crippen molar-refractivity contribution in [3.05, 3.63) is 0 Å². The minimum atomic E-state index is 1.11. The summed E-state index contributed by atoms with van der Waals surface area (Å²) in [5, 5.41) is 0. The Hall–Kier alpha value is 0. The second-order valence-electron chi connectivity index (χ2n) is 12.9. The topological polar surface area (TPSA) is 0 Å². The molecule has 6 atom stereocenters. The van der Waals surface area contributed by atoms with Crippen LogP contribution in [0.3, 0.4) is 0 Å². The van der Waals surface area contributed by atoms with Crippen LogP contribution in [0.4, 0.5) is 0 Å². The van der Waals surface area contributed by atoms with Crippen LogP contribution in [0.5, 0.6) is 0 Å². The Bertz CT molecular complexity index is 456. The molecular weight excluding hydrogens is 384 g/mol. The van der Waals surface area contributed by atoms with Crippen molar-refractivity contribution in [3.8, 4) is 0 Å². The molecule has 4 aliphatic carbocycles. The smallest absolute Gasteiger partial charge is 0.0352 e. The van der Waals surface area contributed by atoms with Crippen LogP contribution < -0.4 is 0 Å². The lowest BCUT2D eigenvalue weighted by molar-refractivity contribution is -0.0153. The molecule has 0 aromatic carbocycles. The zero-order valence-corrected chi connectivity index (χ0v) is 22.0. The van der Waals surface area contributed by atoms with Gasteiger partial charge in [0.05, 0.1) is 0 Å². The molecule has 0 heterocycles. The lowest BCUT2D eigenvalue weighted by atomic mass is 9.54. The van der Waals surface area contributed by atoms with E-state index in [1.54, 1.807) is 103 Å². The molecule has 6 unspecified atom stereocenters. The maximum atomic E-state index is 2.33. The molecule has 0 radical (unpaired) electrons. The first-order chi connectivity index (χ1) is 15.9. The molecule has 4 rings (SSSR count). The number of hydrogen-bond acceptors (Lipinski definition) is 0. The van der Waals surface area contributed by atoms with E-state index >= 15 is 0 Å². The predicted octanol–water partition coefficient (Wildman–Crippen LogP) is 10.7. The molecule has 4 fully saturated rings. The molecule has 0 heteroatoms. The summed E-state index contributed by atoms with van der Waals surface area (Å²) in [6, 6.07) is 0. The van der Waals surface area contributed by atoms with Crippen molar-refractivity contribution in [1.82, 2.24) is 0 Å². The van der Waals surface area contributed by atoms with Gasteiger partial charge in [-0.2, -0.15) is 0 Å². The fourth-order valence-electron chi connectivity index (χ4n) is 9.48. The van der Waals surface area contributed by atoms with Gasteiger partial charge in [-0.1, -0.05) is 129 Å². The maximum Gasteiger partial charge on any atom is -0.0352 e. The quantitative estimate of drug-likeness (QED) is 0.264. The van der Waals surface area contributed by atoms with Gasteiger partial charge < -0.3 is 0 Å². The first-order valence-corrected chi connectivity index (χ1v) is 15.9. The van der Waals surface area contributed by atoms with Crippen molar-refractivity contribution < 1.29 is 0 Å². The summed E-state index contributed by atoms with van der Waals surface area (Å²) in [7, 11) is 0. The van der Waals surface area contributed by atoms with Gasteiger partial charge in [-0.3, -0.25) is 0 Å². The molecule has 0 spiro atoms. The largest absolute Gasteiger partial charge is 0.0654 e. The van der Waals surface area contributed by atoms with Gasteiger partial charge in [0.15, 0.2) is 0 Å². The molecule has 0 aromatic heterocycles. The van der Waals surface area contributed by atoms with Crippen molar-refractivity contribution >= 4 is 0 Å². The summed E-state index contributed by atoms with van der Waals surface area (Å²) in [5.41, 5.74) is 0. The Morgan fingerprint density at radius 2 is 0.906 bits per heavy atom. The average molecular weight is 443 g/mol. The molecule has 0 saturated heterocycles. The van der Waals surface area contributed by atoms with E-state index in [1.165, 1.54) is 51.4 Å². The molecule has 0 aromatic rings. The predicted molar refractivity (Wildman–Crippen MR) is 141 cm³/mol. The first-order valence-electron chi connectivity index (χ1n) is 15.9. The SMILES string of the molecule is CCCCCCCCCCCC(C1CCCC2CCCCC21)C1CCCC2CCCCC21. The molecule has 0 N–H and O–H groups in total. The fourth-order valence-corrected chi connectivity index (χ4v) is 9.48. The zero-order chi connectivity index (χ0) is 22.0. The van der Waals surface area contributed by atoms with E-state index in [2.05, 4.69) is 6.92 Å². The molecule has 0 aliphatic heterocycles. The number of unbranched alkanes of at least 4 members (excludes halogenated alkanes) is 8. The van der Waals surface area contributed by atoms with Gasteiger partial charge in [0.25, 0.3) is 0 Å².